The van der Waals surface area contributed by atoms with Gasteiger partial charge < -0.3 is 10.1 Å². The predicted molar refractivity (Wildman–Crippen MR) is 91.3 cm³/mol. The third-order valence-electron chi connectivity index (χ3n) is 4.65. The van der Waals surface area contributed by atoms with Gasteiger partial charge in [0.1, 0.15) is 6.61 Å². The first-order valence-corrected chi connectivity index (χ1v) is 8.50. The van der Waals surface area contributed by atoms with Crippen LogP contribution < -0.4 is 5.32 Å². The fourth-order valence-corrected chi connectivity index (χ4v) is 3.23. The van der Waals surface area contributed by atoms with Gasteiger partial charge in [-0.2, -0.15) is 0 Å². The van der Waals surface area contributed by atoms with Gasteiger partial charge in [0.15, 0.2) is 0 Å². The van der Waals surface area contributed by atoms with E-state index < -0.39 is 0 Å². The zero-order valence-electron chi connectivity index (χ0n) is 14.3. The van der Waals surface area contributed by atoms with Gasteiger partial charge in [-0.15, -0.1) is 0 Å². The molecule has 1 aliphatic rings. The Hall–Kier alpha value is -1.35. The lowest BCUT2D eigenvalue weighted by Crippen LogP contribution is -2.30. The second-order valence-electron chi connectivity index (χ2n) is 6.85. The van der Waals surface area contributed by atoms with E-state index in [4.69, 9.17) is 4.74 Å². The van der Waals surface area contributed by atoms with Crippen molar-refractivity contribution in [3.05, 3.63) is 29.3 Å². The van der Waals surface area contributed by atoms with Crippen LogP contribution in [0.5, 0.6) is 0 Å². The molecule has 0 aromatic heterocycles. The maximum absolute atomic E-state index is 12.3. The number of ether oxygens (including phenoxy) is 1. The Balaban J connectivity index is 1.95. The van der Waals surface area contributed by atoms with E-state index in [9.17, 15) is 4.79 Å². The molecular formula is C19H29NO2. The average molecular weight is 303 g/mol. The number of anilines is 1. The normalized spacial score (nSPS) is 21.9. The molecule has 1 N–H and O–H groups in total. The van der Waals surface area contributed by atoms with E-state index in [0.29, 0.717) is 11.8 Å². The van der Waals surface area contributed by atoms with Gasteiger partial charge in [-0.3, -0.25) is 4.79 Å². The Kier molecular flexibility index (Phi) is 6.01. The van der Waals surface area contributed by atoms with Gasteiger partial charge in [-0.05, 0) is 42.7 Å². The van der Waals surface area contributed by atoms with Crippen molar-refractivity contribution in [2.45, 2.75) is 65.4 Å². The van der Waals surface area contributed by atoms with Crippen molar-refractivity contribution in [2.75, 3.05) is 11.9 Å². The Morgan fingerprint density at radius 2 is 2.05 bits per heavy atom. The van der Waals surface area contributed by atoms with Crippen LogP contribution in [0.15, 0.2) is 18.2 Å². The van der Waals surface area contributed by atoms with E-state index in [0.717, 1.165) is 17.7 Å². The summed E-state index contributed by atoms with van der Waals surface area (Å²) in [6, 6.07) is 6.16. The number of para-hydroxylation sites is 1. The van der Waals surface area contributed by atoms with E-state index in [1.807, 2.05) is 19.1 Å². The first-order valence-electron chi connectivity index (χ1n) is 8.50. The van der Waals surface area contributed by atoms with Crippen molar-refractivity contribution in [2.24, 2.45) is 5.92 Å². The van der Waals surface area contributed by atoms with Crippen molar-refractivity contribution < 1.29 is 9.53 Å². The Labute approximate surface area is 134 Å². The van der Waals surface area contributed by atoms with Crippen LogP contribution in [0.25, 0.3) is 0 Å². The number of aryl methyl sites for hydroxylation is 1. The molecule has 0 radical (unpaired) electrons. The van der Waals surface area contributed by atoms with E-state index in [1.165, 1.54) is 24.8 Å². The van der Waals surface area contributed by atoms with Crippen LogP contribution in [0, 0.1) is 12.8 Å². The van der Waals surface area contributed by atoms with Crippen LogP contribution in [0.1, 0.15) is 63.5 Å². The van der Waals surface area contributed by atoms with Gasteiger partial charge in [0.2, 0.25) is 5.91 Å². The zero-order chi connectivity index (χ0) is 16.1. The second kappa shape index (κ2) is 7.77. The maximum atomic E-state index is 12.3. The van der Waals surface area contributed by atoms with Gasteiger partial charge in [0, 0.05) is 5.69 Å². The SMILES string of the molecule is Cc1cccc(C(C)C)c1NC(=O)COC1CCCCC1C. The highest BCUT2D eigenvalue weighted by Gasteiger charge is 2.22. The van der Waals surface area contributed by atoms with Crippen molar-refractivity contribution in [3.63, 3.8) is 0 Å². The van der Waals surface area contributed by atoms with E-state index >= 15 is 0 Å². The summed E-state index contributed by atoms with van der Waals surface area (Å²) in [5, 5.41) is 3.05. The molecule has 0 aliphatic heterocycles. The summed E-state index contributed by atoms with van der Waals surface area (Å²) < 4.78 is 5.86. The smallest absolute Gasteiger partial charge is 0.250 e. The second-order valence-corrected chi connectivity index (χ2v) is 6.85. The Morgan fingerprint density at radius 1 is 1.32 bits per heavy atom. The summed E-state index contributed by atoms with van der Waals surface area (Å²) in [6.07, 6.45) is 5.03. The highest BCUT2D eigenvalue weighted by molar-refractivity contribution is 5.93. The van der Waals surface area contributed by atoms with E-state index in [1.54, 1.807) is 0 Å². The van der Waals surface area contributed by atoms with Crippen LogP contribution in [-0.4, -0.2) is 18.6 Å². The Bertz CT molecular complexity index is 510. The zero-order valence-corrected chi connectivity index (χ0v) is 14.3. The molecule has 2 unspecified atom stereocenters. The fourth-order valence-electron chi connectivity index (χ4n) is 3.23. The number of carbonyl (C=O) groups is 1. The standard InChI is InChI=1S/C19H29NO2/c1-13(2)16-10-7-9-15(4)19(16)20-18(21)12-22-17-11-6-5-8-14(17)3/h7,9-10,13-14,17H,5-6,8,11-12H2,1-4H3,(H,20,21). The number of amides is 1. The minimum atomic E-state index is -0.0472. The van der Waals surface area contributed by atoms with Gasteiger partial charge in [-0.1, -0.05) is 51.8 Å². The van der Waals surface area contributed by atoms with Crippen molar-refractivity contribution >= 4 is 11.6 Å². The van der Waals surface area contributed by atoms with Crippen LogP contribution in [0.3, 0.4) is 0 Å². The van der Waals surface area contributed by atoms with Crippen molar-refractivity contribution in [1.82, 2.24) is 0 Å². The quantitative estimate of drug-likeness (QED) is 0.859. The van der Waals surface area contributed by atoms with Crippen LogP contribution in [-0.2, 0) is 9.53 Å². The van der Waals surface area contributed by atoms with Crippen LogP contribution in [0.4, 0.5) is 5.69 Å². The largest absolute Gasteiger partial charge is 0.368 e. The molecule has 2 rings (SSSR count). The maximum Gasteiger partial charge on any atom is 0.250 e. The van der Waals surface area contributed by atoms with E-state index in [-0.39, 0.29) is 18.6 Å². The number of nitrogens with one attached hydrogen (secondary N) is 1. The highest BCUT2D eigenvalue weighted by Crippen LogP contribution is 2.28. The van der Waals surface area contributed by atoms with Crippen molar-refractivity contribution in [3.8, 4) is 0 Å². The van der Waals surface area contributed by atoms with Gasteiger partial charge in [-0.25, -0.2) is 0 Å². The number of benzene rings is 1. The number of carbonyl (C=O) groups excluding carboxylic acids is 1. The fraction of sp³-hybridized carbons (Fsp3) is 0.632. The minimum Gasteiger partial charge on any atom is -0.368 e. The number of rotatable bonds is 5. The molecule has 1 aromatic rings. The summed E-state index contributed by atoms with van der Waals surface area (Å²) in [5.41, 5.74) is 3.23. The third kappa shape index (κ3) is 4.33. The lowest BCUT2D eigenvalue weighted by atomic mass is 9.88. The topological polar surface area (TPSA) is 38.3 Å². The first-order chi connectivity index (χ1) is 10.5. The van der Waals surface area contributed by atoms with Crippen molar-refractivity contribution in [1.29, 1.82) is 0 Å². The molecule has 3 nitrogen and oxygen atoms in total. The number of hydrogen-bond donors (Lipinski definition) is 1. The molecule has 22 heavy (non-hydrogen) atoms. The van der Waals surface area contributed by atoms with E-state index in [2.05, 4.69) is 32.2 Å². The molecule has 0 saturated heterocycles. The van der Waals surface area contributed by atoms with Crippen LogP contribution in [0.2, 0.25) is 0 Å². The van der Waals surface area contributed by atoms with Gasteiger partial charge in [0.25, 0.3) is 0 Å². The molecule has 1 saturated carbocycles. The summed E-state index contributed by atoms with van der Waals surface area (Å²) in [4.78, 5) is 12.3. The molecule has 1 aliphatic carbocycles. The summed E-state index contributed by atoms with van der Waals surface area (Å²) in [7, 11) is 0. The van der Waals surface area contributed by atoms with Crippen LogP contribution >= 0.6 is 0 Å². The molecule has 1 fully saturated rings. The average Bonchev–Trinajstić information content (AvgIpc) is 2.48. The summed E-state index contributed by atoms with van der Waals surface area (Å²) in [5.74, 6) is 0.898. The lowest BCUT2D eigenvalue weighted by Gasteiger charge is -2.28. The molecule has 1 aromatic carbocycles. The summed E-state index contributed by atoms with van der Waals surface area (Å²) in [6.45, 7) is 8.70. The summed E-state index contributed by atoms with van der Waals surface area (Å²) >= 11 is 0. The molecule has 0 bridgehead atoms. The minimum absolute atomic E-state index is 0.0472. The molecule has 122 valence electrons. The molecule has 1 amide bonds. The molecule has 0 heterocycles. The monoisotopic (exact) mass is 303 g/mol. The molecule has 3 heteroatoms. The lowest BCUT2D eigenvalue weighted by molar-refractivity contribution is -0.124. The Morgan fingerprint density at radius 3 is 2.73 bits per heavy atom. The third-order valence-corrected chi connectivity index (χ3v) is 4.65. The number of hydrogen-bond acceptors (Lipinski definition) is 2. The first kappa shape index (κ1) is 17.0. The molecule has 2 atom stereocenters. The van der Waals surface area contributed by atoms with Gasteiger partial charge >= 0.3 is 0 Å². The van der Waals surface area contributed by atoms with Gasteiger partial charge in [0.05, 0.1) is 6.10 Å². The highest BCUT2D eigenvalue weighted by atomic mass is 16.5. The predicted octanol–water partition coefficient (Wildman–Crippen LogP) is 4.65. The molecular weight excluding hydrogens is 274 g/mol. The molecule has 0 spiro atoms.